The molecule has 0 radical (unpaired) electrons. The monoisotopic (exact) mass is 255 g/mol. The van der Waals surface area contributed by atoms with E-state index in [1.54, 1.807) is 0 Å². The van der Waals surface area contributed by atoms with Gasteiger partial charge in [-0.1, -0.05) is 27.7 Å². The van der Waals surface area contributed by atoms with Crippen molar-refractivity contribution in [3.8, 4) is 0 Å². The molecule has 1 heterocycles. The fourth-order valence-corrected chi connectivity index (χ4v) is 2.77. The Hall–Kier alpha value is -0.610. The van der Waals surface area contributed by atoms with E-state index in [2.05, 4.69) is 56.9 Å². The second-order valence-corrected chi connectivity index (χ2v) is 6.42. The highest BCUT2D eigenvalue weighted by Gasteiger charge is 2.37. The van der Waals surface area contributed by atoms with Crippen molar-refractivity contribution in [1.29, 1.82) is 0 Å². The number of likely N-dealkylation sites (N-methyl/N-ethyl adjacent to an activating group) is 1. The largest absolute Gasteiger partial charge is 0.322 e. The molecule has 4 nitrogen and oxygen atoms in total. The summed E-state index contributed by atoms with van der Waals surface area (Å²) >= 11 is 0. The zero-order chi connectivity index (χ0) is 13.9. The van der Waals surface area contributed by atoms with Gasteiger partial charge < -0.3 is 9.80 Å². The van der Waals surface area contributed by atoms with E-state index in [9.17, 15) is 4.79 Å². The van der Waals surface area contributed by atoms with E-state index in [1.165, 1.54) is 0 Å². The standard InChI is InChI=1S/C14H29N3O/c1-10(2)7-12(9-16(5)6)17-13(18)8-15-14(17)11(3)4/h10-12,14-15H,7-9H2,1-6H3. The van der Waals surface area contributed by atoms with Gasteiger partial charge in [-0.15, -0.1) is 0 Å². The summed E-state index contributed by atoms with van der Waals surface area (Å²) in [5.74, 6) is 1.31. The minimum absolute atomic E-state index is 0.196. The summed E-state index contributed by atoms with van der Waals surface area (Å²) in [6.07, 6.45) is 1.26. The normalized spacial score (nSPS) is 22.6. The van der Waals surface area contributed by atoms with Crippen molar-refractivity contribution in [2.75, 3.05) is 27.2 Å². The van der Waals surface area contributed by atoms with Crippen LogP contribution in [0.3, 0.4) is 0 Å². The molecule has 0 saturated carbocycles. The average molecular weight is 255 g/mol. The lowest BCUT2D eigenvalue weighted by Crippen LogP contribution is -2.51. The number of amides is 1. The zero-order valence-electron chi connectivity index (χ0n) is 12.7. The van der Waals surface area contributed by atoms with Crippen LogP contribution in [0.4, 0.5) is 0 Å². The molecule has 0 aromatic carbocycles. The van der Waals surface area contributed by atoms with Gasteiger partial charge >= 0.3 is 0 Å². The van der Waals surface area contributed by atoms with E-state index >= 15 is 0 Å². The molecule has 1 fully saturated rings. The van der Waals surface area contributed by atoms with Crippen LogP contribution in [0.2, 0.25) is 0 Å². The number of nitrogens with one attached hydrogen (secondary N) is 1. The van der Waals surface area contributed by atoms with Gasteiger partial charge in [0.2, 0.25) is 5.91 Å². The van der Waals surface area contributed by atoms with Crippen molar-refractivity contribution in [2.45, 2.75) is 46.3 Å². The van der Waals surface area contributed by atoms with Crippen molar-refractivity contribution in [2.24, 2.45) is 11.8 Å². The molecule has 0 bridgehead atoms. The van der Waals surface area contributed by atoms with Gasteiger partial charge in [-0.25, -0.2) is 0 Å². The van der Waals surface area contributed by atoms with E-state index < -0.39 is 0 Å². The maximum Gasteiger partial charge on any atom is 0.238 e. The van der Waals surface area contributed by atoms with Gasteiger partial charge in [-0.2, -0.15) is 0 Å². The van der Waals surface area contributed by atoms with Crippen molar-refractivity contribution in [1.82, 2.24) is 15.1 Å². The molecule has 106 valence electrons. The molecule has 0 aromatic heterocycles. The highest BCUT2D eigenvalue weighted by molar-refractivity contribution is 5.81. The lowest BCUT2D eigenvalue weighted by molar-refractivity contribution is -0.131. The first kappa shape index (κ1) is 15.4. The lowest BCUT2D eigenvalue weighted by Gasteiger charge is -2.37. The third-order valence-corrected chi connectivity index (χ3v) is 3.39. The molecular weight excluding hydrogens is 226 g/mol. The number of rotatable bonds is 6. The number of carbonyl (C=O) groups excluding carboxylic acids is 1. The maximum atomic E-state index is 12.1. The summed E-state index contributed by atoms with van der Waals surface area (Å²) in [7, 11) is 4.15. The van der Waals surface area contributed by atoms with E-state index in [4.69, 9.17) is 0 Å². The van der Waals surface area contributed by atoms with Gasteiger partial charge in [-0.3, -0.25) is 10.1 Å². The number of hydrogen-bond donors (Lipinski definition) is 1. The highest BCUT2D eigenvalue weighted by Crippen LogP contribution is 2.21. The Labute approximate surface area is 112 Å². The molecule has 0 spiro atoms. The van der Waals surface area contributed by atoms with Gasteiger partial charge in [0.25, 0.3) is 0 Å². The molecule has 1 aliphatic rings. The molecule has 1 amide bonds. The van der Waals surface area contributed by atoms with E-state index in [1.807, 2.05) is 0 Å². The molecule has 1 aliphatic heterocycles. The molecule has 18 heavy (non-hydrogen) atoms. The predicted molar refractivity (Wildman–Crippen MR) is 75.3 cm³/mol. The first-order valence-corrected chi connectivity index (χ1v) is 7.02. The van der Waals surface area contributed by atoms with Crippen LogP contribution in [-0.4, -0.2) is 55.1 Å². The Bertz CT molecular complexity index is 266. The van der Waals surface area contributed by atoms with Crippen LogP contribution in [0.1, 0.15) is 34.1 Å². The highest BCUT2D eigenvalue weighted by atomic mass is 16.2. The molecular formula is C14H29N3O. The van der Waals surface area contributed by atoms with Crippen LogP contribution in [0.5, 0.6) is 0 Å². The SMILES string of the molecule is CC(C)CC(CN(C)C)N1C(=O)CNC1C(C)C. The van der Waals surface area contributed by atoms with E-state index in [0.717, 1.165) is 13.0 Å². The average Bonchev–Trinajstić information content (AvgIpc) is 2.57. The van der Waals surface area contributed by atoms with Gasteiger partial charge in [-0.05, 0) is 32.4 Å². The van der Waals surface area contributed by atoms with Crippen LogP contribution >= 0.6 is 0 Å². The molecule has 0 aliphatic carbocycles. The first-order chi connectivity index (χ1) is 8.32. The smallest absolute Gasteiger partial charge is 0.238 e. The van der Waals surface area contributed by atoms with Crippen molar-refractivity contribution in [3.05, 3.63) is 0 Å². The van der Waals surface area contributed by atoms with Crippen LogP contribution in [0.15, 0.2) is 0 Å². The summed E-state index contributed by atoms with van der Waals surface area (Å²) in [6, 6.07) is 0.315. The van der Waals surface area contributed by atoms with Gasteiger partial charge in [0.05, 0.1) is 12.7 Å². The van der Waals surface area contributed by atoms with Crippen LogP contribution in [-0.2, 0) is 4.79 Å². The second kappa shape index (κ2) is 6.53. The quantitative estimate of drug-likeness (QED) is 0.779. The predicted octanol–water partition coefficient (Wildman–Crippen LogP) is 1.38. The van der Waals surface area contributed by atoms with Gasteiger partial charge in [0, 0.05) is 12.6 Å². The Kier molecular flexibility index (Phi) is 5.60. The van der Waals surface area contributed by atoms with E-state index in [-0.39, 0.29) is 12.1 Å². The second-order valence-electron chi connectivity index (χ2n) is 6.42. The fraction of sp³-hybridized carbons (Fsp3) is 0.929. The number of carbonyl (C=O) groups is 1. The third kappa shape index (κ3) is 3.95. The maximum absolute atomic E-state index is 12.1. The van der Waals surface area contributed by atoms with Crippen LogP contribution in [0.25, 0.3) is 0 Å². The third-order valence-electron chi connectivity index (χ3n) is 3.39. The molecule has 4 heteroatoms. The molecule has 2 atom stereocenters. The fourth-order valence-electron chi connectivity index (χ4n) is 2.77. The minimum atomic E-state index is 0.196. The number of nitrogens with zero attached hydrogens (tertiary/aromatic N) is 2. The Morgan fingerprint density at radius 2 is 1.94 bits per heavy atom. The molecule has 0 aromatic rings. The zero-order valence-corrected chi connectivity index (χ0v) is 12.7. The Morgan fingerprint density at radius 3 is 2.39 bits per heavy atom. The van der Waals surface area contributed by atoms with Crippen molar-refractivity contribution in [3.63, 3.8) is 0 Å². The van der Waals surface area contributed by atoms with Crippen LogP contribution in [0, 0.1) is 11.8 Å². The summed E-state index contributed by atoms with van der Waals surface area (Å²) in [5.41, 5.74) is 0. The van der Waals surface area contributed by atoms with Gasteiger partial charge in [0.15, 0.2) is 0 Å². The van der Waals surface area contributed by atoms with Gasteiger partial charge in [0.1, 0.15) is 0 Å². The summed E-state index contributed by atoms with van der Waals surface area (Å²) in [6.45, 7) is 10.2. The summed E-state index contributed by atoms with van der Waals surface area (Å²) in [5, 5.41) is 3.34. The lowest BCUT2D eigenvalue weighted by atomic mass is 10.00. The first-order valence-electron chi connectivity index (χ1n) is 7.02. The van der Waals surface area contributed by atoms with E-state index in [0.29, 0.717) is 24.4 Å². The topological polar surface area (TPSA) is 35.6 Å². The number of hydrogen-bond acceptors (Lipinski definition) is 3. The van der Waals surface area contributed by atoms with Crippen LogP contribution < -0.4 is 5.32 Å². The van der Waals surface area contributed by atoms with Crippen molar-refractivity contribution >= 4 is 5.91 Å². The summed E-state index contributed by atoms with van der Waals surface area (Å²) in [4.78, 5) is 16.4. The Balaban J connectivity index is 2.83. The Morgan fingerprint density at radius 1 is 1.33 bits per heavy atom. The molecule has 2 unspecified atom stereocenters. The molecule has 1 saturated heterocycles. The van der Waals surface area contributed by atoms with Crippen molar-refractivity contribution < 1.29 is 4.79 Å². The summed E-state index contributed by atoms with van der Waals surface area (Å²) < 4.78 is 0. The molecule has 1 N–H and O–H groups in total. The minimum Gasteiger partial charge on any atom is -0.322 e. The molecule has 1 rings (SSSR count).